The van der Waals surface area contributed by atoms with E-state index in [9.17, 15) is 14.0 Å². The van der Waals surface area contributed by atoms with Gasteiger partial charge in [0.15, 0.2) is 11.3 Å². The molecule has 1 amide bonds. The monoisotopic (exact) mass is 418 g/mol. The summed E-state index contributed by atoms with van der Waals surface area (Å²) in [6.07, 6.45) is 2.06. The number of fused-ring (bicyclic) bond motifs is 1. The maximum Gasteiger partial charge on any atom is 0.288 e. The van der Waals surface area contributed by atoms with Gasteiger partial charge in [-0.3, -0.25) is 14.2 Å². The van der Waals surface area contributed by atoms with Crippen LogP contribution in [-0.4, -0.2) is 34.1 Å². The number of pyridine rings is 1. The molecule has 156 valence electrons. The summed E-state index contributed by atoms with van der Waals surface area (Å²) in [6.45, 7) is 0.277. The first-order chi connectivity index (χ1) is 15.1. The van der Waals surface area contributed by atoms with Crippen molar-refractivity contribution in [1.29, 1.82) is 0 Å². The average Bonchev–Trinajstić information content (AvgIpc) is 2.80. The highest BCUT2D eigenvalue weighted by Crippen LogP contribution is 2.17. The second-order valence-corrected chi connectivity index (χ2v) is 6.78. The third-order valence-corrected chi connectivity index (χ3v) is 4.77. The van der Waals surface area contributed by atoms with Crippen LogP contribution in [0.5, 0.6) is 5.75 Å². The van der Waals surface area contributed by atoms with Gasteiger partial charge in [0.2, 0.25) is 0 Å². The summed E-state index contributed by atoms with van der Waals surface area (Å²) in [7, 11) is 1.55. The first kappa shape index (κ1) is 20.2. The summed E-state index contributed by atoms with van der Waals surface area (Å²) in [4.78, 5) is 34.5. The Hall–Kier alpha value is -4.07. The topological polar surface area (TPSA) is 86.1 Å². The zero-order chi connectivity index (χ0) is 21.8. The van der Waals surface area contributed by atoms with E-state index >= 15 is 0 Å². The number of amides is 1. The van der Waals surface area contributed by atoms with E-state index in [4.69, 9.17) is 4.74 Å². The Morgan fingerprint density at radius 3 is 2.55 bits per heavy atom. The Labute approximate surface area is 177 Å². The maximum atomic E-state index is 13.2. The number of methoxy groups -OCH3 is 1. The van der Waals surface area contributed by atoms with Crippen LogP contribution in [-0.2, 0) is 6.42 Å². The first-order valence-corrected chi connectivity index (χ1v) is 9.61. The molecule has 2 heterocycles. The maximum absolute atomic E-state index is 13.2. The van der Waals surface area contributed by atoms with Crippen molar-refractivity contribution in [3.05, 3.63) is 94.3 Å². The van der Waals surface area contributed by atoms with Crippen molar-refractivity contribution in [2.24, 2.45) is 0 Å². The second kappa shape index (κ2) is 8.74. The molecule has 0 unspecified atom stereocenters. The van der Waals surface area contributed by atoms with Crippen LogP contribution in [0.2, 0.25) is 0 Å². The molecule has 0 spiro atoms. The van der Waals surface area contributed by atoms with Gasteiger partial charge in [-0.25, -0.2) is 14.4 Å². The molecule has 0 atom stereocenters. The number of aromatic nitrogens is 3. The van der Waals surface area contributed by atoms with Gasteiger partial charge in [-0.2, -0.15) is 0 Å². The standard InChI is InChI=1S/C23H19FN4O3/c1-31-18-10-8-17(9-11-18)28-21-19(3-2-13-25-21)27-20(23(28)30)22(29)26-14-12-15-4-6-16(24)7-5-15/h2-11,13H,12,14H2,1H3,(H,26,29). The minimum atomic E-state index is -0.583. The average molecular weight is 418 g/mol. The van der Waals surface area contributed by atoms with Crippen LogP contribution in [0.25, 0.3) is 16.9 Å². The number of ether oxygens (including phenoxy) is 1. The van der Waals surface area contributed by atoms with Crippen LogP contribution in [0.3, 0.4) is 0 Å². The van der Waals surface area contributed by atoms with Crippen molar-refractivity contribution >= 4 is 17.1 Å². The van der Waals surface area contributed by atoms with Crippen LogP contribution in [0.1, 0.15) is 16.1 Å². The molecule has 7 nitrogen and oxygen atoms in total. The van der Waals surface area contributed by atoms with Crippen molar-refractivity contribution in [3.8, 4) is 11.4 Å². The molecule has 4 rings (SSSR count). The molecule has 0 radical (unpaired) electrons. The van der Waals surface area contributed by atoms with Gasteiger partial charge in [-0.1, -0.05) is 12.1 Å². The number of carbonyl (C=O) groups excluding carboxylic acids is 1. The zero-order valence-corrected chi connectivity index (χ0v) is 16.7. The lowest BCUT2D eigenvalue weighted by Gasteiger charge is -2.12. The van der Waals surface area contributed by atoms with E-state index in [1.807, 2.05) is 0 Å². The molecule has 0 aliphatic rings. The highest BCUT2D eigenvalue weighted by atomic mass is 19.1. The molecule has 1 N–H and O–H groups in total. The van der Waals surface area contributed by atoms with E-state index in [1.165, 1.54) is 16.7 Å². The summed E-state index contributed by atoms with van der Waals surface area (Å²) < 4.78 is 19.6. The molecule has 4 aromatic rings. The number of rotatable bonds is 6. The Bertz CT molecular complexity index is 1290. The van der Waals surface area contributed by atoms with Crippen LogP contribution >= 0.6 is 0 Å². The van der Waals surface area contributed by atoms with E-state index in [-0.39, 0.29) is 18.1 Å². The molecule has 0 saturated carbocycles. The number of carbonyl (C=O) groups is 1. The molecule has 2 aromatic heterocycles. The van der Waals surface area contributed by atoms with Gasteiger partial charge in [0.05, 0.1) is 12.8 Å². The minimum absolute atomic E-state index is 0.226. The molecular formula is C23H19FN4O3. The van der Waals surface area contributed by atoms with Gasteiger partial charge in [-0.15, -0.1) is 0 Å². The van der Waals surface area contributed by atoms with Crippen LogP contribution < -0.4 is 15.6 Å². The van der Waals surface area contributed by atoms with E-state index < -0.39 is 11.5 Å². The molecule has 31 heavy (non-hydrogen) atoms. The molecule has 2 aromatic carbocycles. The highest BCUT2D eigenvalue weighted by molar-refractivity contribution is 5.93. The van der Waals surface area contributed by atoms with Gasteiger partial charge in [-0.05, 0) is 60.5 Å². The predicted octanol–water partition coefficient (Wildman–Crippen LogP) is 2.90. The quantitative estimate of drug-likeness (QED) is 0.520. The molecule has 0 bridgehead atoms. The third kappa shape index (κ3) is 4.28. The summed E-state index contributed by atoms with van der Waals surface area (Å²) in [5, 5.41) is 2.72. The lowest BCUT2D eigenvalue weighted by atomic mass is 10.1. The van der Waals surface area contributed by atoms with E-state index in [1.54, 1.807) is 61.8 Å². The lowest BCUT2D eigenvalue weighted by Crippen LogP contribution is -2.35. The number of hydrogen-bond donors (Lipinski definition) is 1. The zero-order valence-electron chi connectivity index (χ0n) is 16.7. The predicted molar refractivity (Wildman–Crippen MR) is 114 cm³/mol. The summed E-state index contributed by atoms with van der Waals surface area (Å²) >= 11 is 0. The number of benzene rings is 2. The summed E-state index contributed by atoms with van der Waals surface area (Å²) in [5.74, 6) is -0.261. The second-order valence-electron chi connectivity index (χ2n) is 6.78. The van der Waals surface area contributed by atoms with Crippen molar-refractivity contribution in [1.82, 2.24) is 19.9 Å². The number of halogens is 1. The van der Waals surface area contributed by atoms with Crippen LogP contribution in [0.4, 0.5) is 4.39 Å². The highest BCUT2D eigenvalue weighted by Gasteiger charge is 2.19. The van der Waals surface area contributed by atoms with Crippen LogP contribution in [0.15, 0.2) is 71.7 Å². The first-order valence-electron chi connectivity index (χ1n) is 9.61. The largest absolute Gasteiger partial charge is 0.497 e. The molecule has 0 fully saturated rings. The Morgan fingerprint density at radius 1 is 1.10 bits per heavy atom. The fourth-order valence-electron chi connectivity index (χ4n) is 3.19. The van der Waals surface area contributed by atoms with E-state index in [0.29, 0.717) is 29.0 Å². The van der Waals surface area contributed by atoms with Crippen molar-refractivity contribution < 1.29 is 13.9 Å². The van der Waals surface area contributed by atoms with E-state index in [0.717, 1.165) is 5.56 Å². The van der Waals surface area contributed by atoms with Crippen molar-refractivity contribution in [2.45, 2.75) is 6.42 Å². The Morgan fingerprint density at radius 2 is 1.84 bits per heavy atom. The molecule has 0 aliphatic heterocycles. The third-order valence-electron chi connectivity index (χ3n) is 4.77. The smallest absolute Gasteiger partial charge is 0.288 e. The van der Waals surface area contributed by atoms with Gasteiger partial charge >= 0.3 is 0 Å². The van der Waals surface area contributed by atoms with Gasteiger partial charge < -0.3 is 10.1 Å². The number of nitrogens with one attached hydrogen (secondary N) is 1. The summed E-state index contributed by atoms with van der Waals surface area (Å²) in [6, 6.07) is 16.3. The Balaban J connectivity index is 1.65. The molecule has 0 aliphatic carbocycles. The minimum Gasteiger partial charge on any atom is -0.497 e. The van der Waals surface area contributed by atoms with Crippen LogP contribution in [0, 0.1) is 5.82 Å². The number of nitrogens with zero attached hydrogens (tertiary/aromatic N) is 3. The van der Waals surface area contributed by atoms with Crippen molar-refractivity contribution in [2.75, 3.05) is 13.7 Å². The normalized spacial score (nSPS) is 10.8. The molecular weight excluding hydrogens is 399 g/mol. The fraction of sp³-hybridized carbons (Fsp3) is 0.130. The van der Waals surface area contributed by atoms with Crippen molar-refractivity contribution in [3.63, 3.8) is 0 Å². The lowest BCUT2D eigenvalue weighted by molar-refractivity contribution is 0.0947. The van der Waals surface area contributed by atoms with Gasteiger partial charge in [0.1, 0.15) is 17.1 Å². The number of hydrogen-bond acceptors (Lipinski definition) is 5. The van der Waals surface area contributed by atoms with Gasteiger partial charge in [0, 0.05) is 12.7 Å². The summed E-state index contributed by atoms with van der Waals surface area (Å²) in [5.41, 5.74) is 1.37. The molecule has 0 saturated heterocycles. The van der Waals surface area contributed by atoms with E-state index in [2.05, 4.69) is 15.3 Å². The molecule has 8 heteroatoms. The van der Waals surface area contributed by atoms with Gasteiger partial charge in [0.25, 0.3) is 11.5 Å². The fourth-order valence-corrected chi connectivity index (χ4v) is 3.19. The SMILES string of the molecule is COc1ccc(-n2c(=O)c(C(=O)NCCc3ccc(F)cc3)nc3cccnc32)cc1. The Kier molecular flexibility index (Phi) is 5.70.